The van der Waals surface area contributed by atoms with Crippen LogP contribution in [0.25, 0.3) is 0 Å². The minimum absolute atomic E-state index is 0.0205. The second-order valence-corrected chi connectivity index (χ2v) is 4.41. The lowest BCUT2D eigenvalue weighted by atomic mass is 10.1. The standard InChI is InChI=1S/C12H23N3O2/c1-3-7-13-12(17)15-8-5-10(6-9-15)14-11(16)4-2/h10H,3-9H2,1-2H3,(H,13,17)(H,14,16). The summed E-state index contributed by atoms with van der Waals surface area (Å²) in [5.41, 5.74) is 0. The van der Waals surface area contributed by atoms with E-state index in [9.17, 15) is 9.59 Å². The fourth-order valence-electron chi connectivity index (χ4n) is 1.90. The molecule has 0 aromatic carbocycles. The quantitative estimate of drug-likeness (QED) is 0.774. The highest BCUT2D eigenvalue weighted by Gasteiger charge is 2.22. The molecule has 2 N–H and O–H groups in total. The molecule has 0 bridgehead atoms. The van der Waals surface area contributed by atoms with Gasteiger partial charge in [-0.05, 0) is 19.3 Å². The fraction of sp³-hybridized carbons (Fsp3) is 0.833. The van der Waals surface area contributed by atoms with E-state index in [1.54, 1.807) is 0 Å². The van der Waals surface area contributed by atoms with E-state index in [4.69, 9.17) is 0 Å². The van der Waals surface area contributed by atoms with Crippen LogP contribution in [0, 0.1) is 0 Å². The average molecular weight is 241 g/mol. The van der Waals surface area contributed by atoms with Crippen LogP contribution in [0.2, 0.25) is 0 Å². The van der Waals surface area contributed by atoms with Crippen LogP contribution < -0.4 is 10.6 Å². The molecule has 3 amide bonds. The first-order valence-corrected chi connectivity index (χ1v) is 6.49. The van der Waals surface area contributed by atoms with E-state index in [0.717, 1.165) is 38.9 Å². The predicted molar refractivity (Wildman–Crippen MR) is 66.7 cm³/mol. The van der Waals surface area contributed by atoms with Gasteiger partial charge in [0.25, 0.3) is 0 Å². The van der Waals surface area contributed by atoms with Gasteiger partial charge in [-0.1, -0.05) is 13.8 Å². The van der Waals surface area contributed by atoms with Crippen molar-refractivity contribution in [2.24, 2.45) is 0 Å². The number of nitrogens with one attached hydrogen (secondary N) is 2. The maximum absolute atomic E-state index is 11.7. The highest BCUT2D eigenvalue weighted by Crippen LogP contribution is 2.10. The van der Waals surface area contributed by atoms with E-state index in [-0.39, 0.29) is 18.0 Å². The van der Waals surface area contributed by atoms with Gasteiger partial charge < -0.3 is 15.5 Å². The summed E-state index contributed by atoms with van der Waals surface area (Å²) in [7, 11) is 0. The Kier molecular flexibility index (Phi) is 5.80. The monoisotopic (exact) mass is 241 g/mol. The average Bonchev–Trinajstić information content (AvgIpc) is 2.36. The van der Waals surface area contributed by atoms with E-state index in [1.807, 2.05) is 18.7 Å². The van der Waals surface area contributed by atoms with Crippen molar-refractivity contribution >= 4 is 11.9 Å². The van der Waals surface area contributed by atoms with Crippen molar-refractivity contribution in [3.05, 3.63) is 0 Å². The zero-order valence-electron chi connectivity index (χ0n) is 10.8. The SMILES string of the molecule is CCCNC(=O)N1CCC(NC(=O)CC)CC1. The molecule has 1 aliphatic heterocycles. The lowest BCUT2D eigenvalue weighted by molar-refractivity contribution is -0.121. The molecule has 17 heavy (non-hydrogen) atoms. The molecule has 0 aromatic rings. The normalized spacial score (nSPS) is 16.7. The van der Waals surface area contributed by atoms with Gasteiger partial charge in [0.05, 0.1) is 0 Å². The first kappa shape index (κ1) is 13.8. The number of rotatable bonds is 4. The van der Waals surface area contributed by atoms with Gasteiger partial charge in [-0.2, -0.15) is 0 Å². The molecular weight excluding hydrogens is 218 g/mol. The van der Waals surface area contributed by atoms with E-state index < -0.39 is 0 Å². The van der Waals surface area contributed by atoms with Crippen LogP contribution >= 0.6 is 0 Å². The van der Waals surface area contributed by atoms with Crippen molar-refractivity contribution in [3.8, 4) is 0 Å². The fourth-order valence-corrected chi connectivity index (χ4v) is 1.90. The number of piperidine rings is 1. The molecule has 1 saturated heterocycles. The summed E-state index contributed by atoms with van der Waals surface area (Å²) >= 11 is 0. The minimum atomic E-state index is 0.0205. The van der Waals surface area contributed by atoms with Crippen LogP contribution in [0.15, 0.2) is 0 Å². The Labute approximate surface area is 103 Å². The molecule has 1 heterocycles. The summed E-state index contributed by atoms with van der Waals surface area (Å²) in [6, 6.07) is 0.254. The largest absolute Gasteiger partial charge is 0.353 e. The number of hydrogen-bond donors (Lipinski definition) is 2. The van der Waals surface area contributed by atoms with Crippen molar-refractivity contribution in [2.45, 2.75) is 45.6 Å². The van der Waals surface area contributed by atoms with Crippen LogP contribution in [0.1, 0.15) is 39.5 Å². The Morgan fingerprint density at radius 1 is 1.24 bits per heavy atom. The van der Waals surface area contributed by atoms with Crippen molar-refractivity contribution in [1.29, 1.82) is 0 Å². The summed E-state index contributed by atoms with van der Waals surface area (Å²) < 4.78 is 0. The van der Waals surface area contributed by atoms with Gasteiger partial charge in [-0.15, -0.1) is 0 Å². The van der Waals surface area contributed by atoms with E-state index in [0.29, 0.717) is 6.42 Å². The molecule has 0 saturated carbocycles. The Hall–Kier alpha value is -1.26. The maximum Gasteiger partial charge on any atom is 0.317 e. The highest BCUT2D eigenvalue weighted by molar-refractivity contribution is 5.76. The molecule has 5 heteroatoms. The number of likely N-dealkylation sites (tertiary alicyclic amines) is 1. The number of urea groups is 1. The van der Waals surface area contributed by atoms with Crippen LogP contribution in [0.3, 0.4) is 0 Å². The third kappa shape index (κ3) is 4.63. The molecule has 0 spiro atoms. The van der Waals surface area contributed by atoms with Gasteiger partial charge in [-0.25, -0.2) is 4.79 Å². The molecule has 1 aliphatic rings. The van der Waals surface area contributed by atoms with E-state index in [2.05, 4.69) is 10.6 Å². The van der Waals surface area contributed by atoms with Crippen molar-refractivity contribution in [1.82, 2.24) is 15.5 Å². The molecule has 1 fully saturated rings. The number of nitrogens with zero attached hydrogens (tertiary/aromatic N) is 1. The lowest BCUT2D eigenvalue weighted by Crippen LogP contribution is -2.49. The zero-order chi connectivity index (χ0) is 12.7. The van der Waals surface area contributed by atoms with Gasteiger partial charge in [0.2, 0.25) is 5.91 Å². The molecule has 0 unspecified atom stereocenters. The summed E-state index contributed by atoms with van der Waals surface area (Å²) in [4.78, 5) is 24.7. The summed E-state index contributed by atoms with van der Waals surface area (Å²) in [5, 5.41) is 5.84. The van der Waals surface area contributed by atoms with Crippen LogP contribution in [0.5, 0.6) is 0 Å². The second kappa shape index (κ2) is 7.14. The first-order chi connectivity index (χ1) is 8.17. The van der Waals surface area contributed by atoms with Gasteiger partial charge in [0.15, 0.2) is 0 Å². The van der Waals surface area contributed by atoms with Crippen LogP contribution in [-0.4, -0.2) is 42.5 Å². The predicted octanol–water partition coefficient (Wildman–Crippen LogP) is 1.10. The lowest BCUT2D eigenvalue weighted by Gasteiger charge is -2.32. The molecular formula is C12H23N3O2. The van der Waals surface area contributed by atoms with Gasteiger partial charge in [-0.3, -0.25) is 4.79 Å². The summed E-state index contributed by atoms with van der Waals surface area (Å²) in [5.74, 6) is 0.0962. The van der Waals surface area contributed by atoms with Crippen molar-refractivity contribution < 1.29 is 9.59 Å². The minimum Gasteiger partial charge on any atom is -0.353 e. The molecule has 0 aliphatic carbocycles. The highest BCUT2D eigenvalue weighted by atomic mass is 16.2. The Bertz CT molecular complexity index is 260. The second-order valence-electron chi connectivity index (χ2n) is 4.41. The van der Waals surface area contributed by atoms with E-state index in [1.165, 1.54) is 0 Å². The van der Waals surface area contributed by atoms with Crippen molar-refractivity contribution in [2.75, 3.05) is 19.6 Å². The smallest absolute Gasteiger partial charge is 0.317 e. The summed E-state index contributed by atoms with van der Waals surface area (Å²) in [6.45, 7) is 6.06. The maximum atomic E-state index is 11.7. The molecule has 98 valence electrons. The van der Waals surface area contributed by atoms with Gasteiger partial charge in [0, 0.05) is 32.1 Å². The number of carbonyl (C=O) groups excluding carboxylic acids is 2. The zero-order valence-corrected chi connectivity index (χ0v) is 10.8. The van der Waals surface area contributed by atoms with E-state index >= 15 is 0 Å². The molecule has 0 radical (unpaired) electrons. The third-order valence-electron chi connectivity index (χ3n) is 2.99. The Morgan fingerprint density at radius 2 is 1.88 bits per heavy atom. The Balaban J connectivity index is 2.25. The van der Waals surface area contributed by atoms with Crippen molar-refractivity contribution in [3.63, 3.8) is 0 Å². The third-order valence-corrected chi connectivity index (χ3v) is 2.99. The summed E-state index contributed by atoms with van der Waals surface area (Å²) in [6.07, 6.45) is 3.18. The van der Waals surface area contributed by atoms with Gasteiger partial charge in [0.1, 0.15) is 0 Å². The number of hydrogen-bond acceptors (Lipinski definition) is 2. The molecule has 0 atom stereocenters. The van der Waals surface area contributed by atoms with Crippen LogP contribution in [0.4, 0.5) is 4.79 Å². The van der Waals surface area contributed by atoms with Gasteiger partial charge >= 0.3 is 6.03 Å². The number of carbonyl (C=O) groups is 2. The molecule has 0 aromatic heterocycles. The molecule has 5 nitrogen and oxygen atoms in total. The topological polar surface area (TPSA) is 61.4 Å². The van der Waals surface area contributed by atoms with Crippen LogP contribution in [-0.2, 0) is 4.79 Å². The molecule has 1 rings (SSSR count). The first-order valence-electron chi connectivity index (χ1n) is 6.49. The Morgan fingerprint density at radius 3 is 2.41 bits per heavy atom. The number of amides is 3.